The summed E-state index contributed by atoms with van der Waals surface area (Å²) in [5, 5.41) is 0. The van der Waals surface area contributed by atoms with Crippen molar-refractivity contribution >= 4 is 31.8 Å². The summed E-state index contributed by atoms with van der Waals surface area (Å²) >= 11 is -1.03. The second-order valence-electron chi connectivity index (χ2n) is 5.10. The van der Waals surface area contributed by atoms with E-state index in [-0.39, 0.29) is 0 Å². The van der Waals surface area contributed by atoms with Crippen molar-refractivity contribution in [2.75, 3.05) is 0 Å². The van der Waals surface area contributed by atoms with Crippen molar-refractivity contribution in [3.8, 4) is 0 Å². The van der Waals surface area contributed by atoms with Gasteiger partial charge in [-0.2, -0.15) is 26.3 Å². The van der Waals surface area contributed by atoms with E-state index < -0.39 is 63.7 Å². The normalized spacial score (nSPS) is 13.5. The Morgan fingerprint density at radius 1 is 0.750 bits per heavy atom. The molecule has 0 fully saturated rings. The average molecular weight is 465 g/mol. The molecule has 0 saturated heterocycles. The molecule has 5 nitrogen and oxygen atoms in total. The van der Waals surface area contributed by atoms with Crippen molar-refractivity contribution in [1.82, 2.24) is 4.13 Å². The quantitative estimate of drug-likeness (QED) is 0.534. The zero-order valence-electron chi connectivity index (χ0n) is 13.2. The molecule has 0 unspecified atom stereocenters. The highest BCUT2D eigenvalue weighted by molar-refractivity contribution is 8.09. The molecule has 0 heterocycles. The summed E-state index contributed by atoms with van der Waals surface area (Å²) in [6.45, 7) is 0. The van der Waals surface area contributed by atoms with Crippen LogP contribution >= 0.6 is 11.9 Å². The lowest BCUT2D eigenvalue weighted by Crippen LogP contribution is -2.21. The van der Waals surface area contributed by atoms with Gasteiger partial charge in [0.15, 0.2) is 0 Å². The molecule has 154 valence electrons. The Morgan fingerprint density at radius 2 is 1.25 bits per heavy atom. The molecule has 0 amide bonds. The molecule has 0 aromatic heterocycles. The van der Waals surface area contributed by atoms with E-state index in [2.05, 4.69) is 0 Å². The molecule has 1 N–H and O–H groups in total. The predicted molar refractivity (Wildman–Crippen MR) is 87.3 cm³/mol. The van der Waals surface area contributed by atoms with E-state index in [0.29, 0.717) is 30.3 Å². The number of nitrogens with one attached hydrogen (secondary N) is 1. The first-order chi connectivity index (χ1) is 12.6. The number of alkyl halides is 6. The Kier molecular flexibility index (Phi) is 6.09. The molecule has 0 aliphatic rings. The van der Waals surface area contributed by atoms with Gasteiger partial charge in [-0.15, -0.1) is 4.13 Å². The first kappa shape index (κ1) is 22.5. The van der Waals surface area contributed by atoms with Gasteiger partial charge in [0.05, 0.1) is 20.2 Å². The highest BCUT2D eigenvalue weighted by atomic mass is 32.3. The number of hydrogen-bond acceptors (Lipinski definition) is 5. The van der Waals surface area contributed by atoms with Crippen molar-refractivity contribution in [3.63, 3.8) is 0 Å². The van der Waals surface area contributed by atoms with E-state index in [9.17, 15) is 43.2 Å². The molecular weight excluding hydrogens is 456 g/mol. The maximum absolute atomic E-state index is 13.0. The number of sulfonamides is 1. The topological polar surface area (TPSA) is 80.3 Å². The summed E-state index contributed by atoms with van der Waals surface area (Å²) in [5.74, 6) is 0. The Bertz CT molecular complexity index is 1060. The average Bonchev–Trinajstić information content (AvgIpc) is 2.59. The lowest BCUT2D eigenvalue weighted by molar-refractivity contribution is -0.139. The molecule has 0 bridgehead atoms. The number of rotatable bonds is 5. The maximum Gasteiger partial charge on any atom is 0.457 e. The molecule has 2 aromatic rings. The number of benzene rings is 2. The zero-order chi connectivity index (χ0) is 21.4. The summed E-state index contributed by atoms with van der Waals surface area (Å²) in [4.78, 5) is -2.40. The predicted octanol–water partition coefficient (Wildman–Crippen LogP) is 3.98. The Morgan fingerprint density at radius 3 is 1.75 bits per heavy atom. The van der Waals surface area contributed by atoms with Gasteiger partial charge in [0.25, 0.3) is 0 Å². The van der Waals surface area contributed by atoms with Gasteiger partial charge >= 0.3 is 11.7 Å². The minimum atomic E-state index is -4.95. The summed E-state index contributed by atoms with van der Waals surface area (Å²) in [7, 11) is -9.30. The van der Waals surface area contributed by atoms with Crippen LogP contribution < -0.4 is 4.13 Å². The summed E-state index contributed by atoms with van der Waals surface area (Å²) in [5.41, 5.74) is -6.30. The van der Waals surface area contributed by atoms with Crippen molar-refractivity contribution in [1.29, 1.82) is 0 Å². The van der Waals surface area contributed by atoms with Crippen LogP contribution in [0.1, 0.15) is 5.56 Å². The van der Waals surface area contributed by atoms with Crippen LogP contribution in [-0.4, -0.2) is 22.3 Å². The minimum absolute atomic E-state index is 0.573. The molecule has 14 heteroatoms. The molecule has 0 saturated carbocycles. The third-order valence-electron chi connectivity index (χ3n) is 3.19. The van der Waals surface area contributed by atoms with E-state index in [4.69, 9.17) is 0 Å². The molecule has 0 aliphatic heterocycles. The zero-order valence-corrected chi connectivity index (χ0v) is 15.7. The summed E-state index contributed by atoms with van der Waals surface area (Å²) < 4.78 is 125. The molecule has 0 atom stereocenters. The van der Waals surface area contributed by atoms with Crippen LogP contribution in [0, 0.1) is 0 Å². The third-order valence-corrected chi connectivity index (χ3v) is 7.36. The fourth-order valence-electron chi connectivity index (χ4n) is 2.01. The second kappa shape index (κ2) is 7.57. The van der Waals surface area contributed by atoms with Gasteiger partial charge in [-0.05, 0) is 36.4 Å². The van der Waals surface area contributed by atoms with Gasteiger partial charge in [-0.25, -0.2) is 16.8 Å². The van der Waals surface area contributed by atoms with Crippen LogP contribution in [0.3, 0.4) is 0 Å². The molecule has 2 aromatic carbocycles. The first-order valence-electron chi connectivity index (χ1n) is 6.92. The SMILES string of the molecule is O=S(=O)(NSC(F)(F)F)c1ccc(S(=O)(=O)c2ccccc2C(F)(F)F)cc1. The van der Waals surface area contributed by atoms with E-state index in [1.807, 2.05) is 0 Å². The Labute approximate surface area is 159 Å². The van der Waals surface area contributed by atoms with Crippen LogP contribution in [0.5, 0.6) is 0 Å². The first-order valence-corrected chi connectivity index (χ1v) is 10.7. The van der Waals surface area contributed by atoms with Gasteiger partial charge < -0.3 is 0 Å². The molecule has 28 heavy (non-hydrogen) atoms. The summed E-state index contributed by atoms with van der Waals surface area (Å²) in [6, 6.07) is 6.12. The van der Waals surface area contributed by atoms with Gasteiger partial charge in [0.2, 0.25) is 19.9 Å². The van der Waals surface area contributed by atoms with Crippen LogP contribution in [0.15, 0.2) is 63.2 Å². The molecule has 0 spiro atoms. The van der Waals surface area contributed by atoms with Crippen molar-refractivity contribution in [3.05, 3.63) is 54.1 Å². The largest absolute Gasteiger partial charge is 0.457 e. The van der Waals surface area contributed by atoms with E-state index in [1.54, 1.807) is 0 Å². The van der Waals surface area contributed by atoms with E-state index in [0.717, 1.165) is 18.2 Å². The summed E-state index contributed by atoms with van der Waals surface area (Å²) in [6.07, 6.45) is -4.95. The van der Waals surface area contributed by atoms with Gasteiger partial charge in [0, 0.05) is 11.9 Å². The molecule has 2 rings (SSSR count). The molecule has 0 aliphatic carbocycles. The molecule has 0 radical (unpaired) electrons. The highest BCUT2D eigenvalue weighted by Crippen LogP contribution is 2.36. The maximum atomic E-state index is 13.0. The number of hydrogen-bond donors (Lipinski definition) is 1. The van der Waals surface area contributed by atoms with Crippen LogP contribution in [0.2, 0.25) is 0 Å². The number of sulfone groups is 1. The van der Waals surface area contributed by atoms with Crippen LogP contribution in [0.25, 0.3) is 0 Å². The van der Waals surface area contributed by atoms with Crippen LogP contribution in [0.4, 0.5) is 26.3 Å². The van der Waals surface area contributed by atoms with Crippen molar-refractivity contribution in [2.24, 2.45) is 0 Å². The fourth-order valence-corrected chi connectivity index (χ4v) is 5.19. The lowest BCUT2D eigenvalue weighted by Gasteiger charge is -2.13. The highest BCUT2D eigenvalue weighted by Gasteiger charge is 2.37. The standard InChI is InChI=1S/C14H9F6NO4S3/c15-13(16,17)11-3-1-2-4-12(11)27(22,23)9-5-7-10(8-6-9)28(24,25)21-26-14(18,19)20/h1-8,21H. The van der Waals surface area contributed by atoms with Gasteiger partial charge in [0.1, 0.15) is 0 Å². The minimum Gasteiger partial charge on any atom is -0.218 e. The van der Waals surface area contributed by atoms with Gasteiger partial charge in [-0.3, -0.25) is 0 Å². The fraction of sp³-hybridized carbons (Fsp3) is 0.143. The Hall–Kier alpha value is -1.77. The van der Waals surface area contributed by atoms with E-state index >= 15 is 0 Å². The molecular formula is C14H9F6NO4S3. The second-order valence-corrected chi connectivity index (χ2v) is 9.83. The van der Waals surface area contributed by atoms with Crippen molar-refractivity contribution in [2.45, 2.75) is 26.4 Å². The third kappa shape index (κ3) is 5.18. The monoisotopic (exact) mass is 465 g/mol. The van der Waals surface area contributed by atoms with E-state index in [1.165, 1.54) is 4.13 Å². The van der Waals surface area contributed by atoms with Crippen LogP contribution in [-0.2, 0) is 26.0 Å². The lowest BCUT2D eigenvalue weighted by atomic mass is 10.2. The van der Waals surface area contributed by atoms with Gasteiger partial charge in [-0.1, -0.05) is 12.1 Å². The Balaban J connectivity index is 2.41. The number of halogens is 6. The van der Waals surface area contributed by atoms with Crippen molar-refractivity contribution < 1.29 is 43.2 Å². The smallest absolute Gasteiger partial charge is 0.218 e.